The molecule has 1 aliphatic rings. The van der Waals surface area contributed by atoms with Crippen molar-refractivity contribution in [1.29, 1.82) is 0 Å². The average Bonchev–Trinajstić information content (AvgIpc) is 3.24. The summed E-state index contributed by atoms with van der Waals surface area (Å²) in [6, 6.07) is 12.6. The van der Waals surface area contributed by atoms with Crippen molar-refractivity contribution in [2.45, 2.75) is 57.5 Å². The fourth-order valence-corrected chi connectivity index (χ4v) is 5.10. The molecule has 0 aromatic heterocycles. The second-order valence-electron chi connectivity index (χ2n) is 8.45. The molecule has 1 unspecified atom stereocenters. The number of carbonyl (C=O) groups is 1. The van der Waals surface area contributed by atoms with Gasteiger partial charge in [-0.05, 0) is 67.5 Å². The van der Waals surface area contributed by atoms with Gasteiger partial charge in [-0.2, -0.15) is 4.31 Å². The van der Waals surface area contributed by atoms with Crippen LogP contribution in [0, 0.1) is 13.8 Å². The Morgan fingerprint density at radius 1 is 1.16 bits per heavy atom. The minimum atomic E-state index is -3.84. The summed E-state index contributed by atoms with van der Waals surface area (Å²) in [6.45, 7) is 8.55. The van der Waals surface area contributed by atoms with Gasteiger partial charge in [0.1, 0.15) is 0 Å². The number of sulfonamides is 1. The maximum Gasteiger partial charge on any atom is 0.243 e. The third-order valence-electron chi connectivity index (χ3n) is 5.81. The lowest BCUT2D eigenvalue weighted by atomic mass is 10.0. The zero-order valence-corrected chi connectivity index (χ0v) is 19.5. The van der Waals surface area contributed by atoms with E-state index in [0.29, 0.717) is 18.2 Å². The fourth-order valence-electron chi connectivity index (χ4n) is 3.67. The Kier molecular flexibility index (Phi) is 7.51. The summed E-state index contributed by atoms with van der Waals surface area (Å²) in [5.41, 5.74) is 3.79. The molecule has 1 amide bonds. The van der Waals surface area contributed by atoms with E-state index in [9.17, 15) is 13.2 Å². The molecule has 0 bridgehead atoms. The standard InChI is InChI=1S/C24H32N2O4S/c1-17(2)20-10-12-22(13-11-20)31(28,29)26(15-21-8-6-14-30-21)16-24(27)25-23-9-5-7-18(3)19(23)4/h5,7,9-13,17,21H,6,8,14-16H2,1-4H3,(H,25,27). The van der Waals surface area contributed by atoms with Gasteiger partial charge in [0.15, 0.2) is 0 Å². The summed E-state index contributed by atoms with van der Waals surface area (Å²) < 4.78 is 33.7. The summed E-state index contributed by atoms with van der Waals surface area (Å²) in [5, 5.41) is 2.87. The van der Waals surface area contributed by atoms with E-state index in [2.05, 4.69) is 19.2 Å². The highest BCUT2D eigenvalue weighted by Gasteiger charge is 2.31. The van der Waals surface area contributed by atoms with Gasteiger partial charge in [-0.25, -0.2) is 8.42 Å². The van der Waals surface area contributed by atoms with Crippen molar-refractivity contribution >= 4 is 21.6 Å². The van der Waals surface area contributed by atoms with Crippen LogP contribution in [0.3, 0.4) is 0 Å². The van der Waals surface area contributed by atoms with E-state index in [-0.39, 0.29) is 30.0 Å². The van der Waals surface area contributed by atoms with Crippen molar-refractivity contribution in [3.8, 4) is 0 Å². The van der Waals surface area contributed by atoms with E-state index in [1.807, 2.05) is 44.2 Å². The molecular weight excluding hydrogens is 412 g/mol. The fraction of sp³-hybridized carbons (Fsp3) is 0.458. The second-order valence-corrected chi connectivity index (χ2v) is 10.4. The topological polar surface area (TPSA) is 75.7 Å². The van der Waals surface area contributed by atoms with Crippen LogP contribution >= 0.6 is 0 Å². The van der Waals surface area contributed by atoms with Gasteiger partial charge >= 0.3 is 0 Å². The molecule has 2 aromatic carbocycles. The summed E-state index contributed by atoms with van der Waals surface area (Å²) in [4.78, 5) is 13.0. The highest BCUT2D eigenvalue weighted by atomic mass is 32.2. The van der Waals surface area contributed by atoms with E-state index < -0.39 is 10.0 Å². The predicted molar refractivity (Wildman–Crippen MR) is 123 cm³/mol. The summed E-state index contributed by atoms with van der Waals surface area (Å²) >= 11 is 0. The SMILES string of the molecule is Cc1cccc(NC(=O)CN(CC2CCCO2)S(=O)(=O)c2ccc(C(C)C)cc2)c1C. The van der Waals surface area contributed by atoms with Gasteiger partial charge in [-0.3, -0.25) is 4.79 Å². The molecule has 1 atom stereocenters. The van der Waals surface area contributed by atoms with Gasteiger partial charge in [0, 0.05) is 18.8 Å². The van der Waals surface area contributed by atoms with Crippen LogP contribution in [0.5, 0.6) is 0 Å². The zero-order valence-electron chi connectivity index (χ0n) is 18.7. The van der Waals surface area contributed by atoms with Gasteiger partial charge in [-0.1, -0.05) is 38.1 Å². The monoisotopic (exact) mass is 444 g/mol. The van der Waals surface area contributed by atoms with Crippen molar-refractivity contribution < 1.29 is 17.9 Å². The van der Waals surface area contributed by atoms with E-state index in [4.69, 9.17) is 4.74 Å². The molecule has 1 heterocycles. The number of benzene rings is 2. The van der Waals surface area contributed by atoms with Crippen LogP contribution in [-0.2, 0) is 19.6 Å². The van der Waals surface area contributed by atoms with Crippen LogP contribution in [0.1, 0.15) is 49.3 Å². The van der Waals surface area contributed by atoms with Gasteiger partial charge in [-0.15, -0.1) is 0 Å². The molecule has 0 radical (unpaired) electrons. The quantitative estimate of drug-likeness (QED) is 0.661. The normalized spacial score (nSPS) is 16.8. The first-order chi connectivity index (χ1) is 14.7. The molecule has 0 spiro atoms. The van der Waals surface area contributed by atoms with Gasteiger partial charge in [0.05, 0.1) is 17.5 Å². The second kappa shape index (κ2) is 9.94. The lowest BCUT2D eigenvalue weighted by Crippen LogP contribution is -2.42. The molecular formula is C24H32N2O4S. The van der Waals surface area contributed by atoms with Crippen LogP contribution < -0.4 is 5.32 Å². The molecule has 0 aliphatic carbocycles. The Bertz CT molecular complexity index is 1010. The Labute approximate surface area is 185 Å². The smallest absolute Gasteiger partial charge is 0.243 e. The molecule has 1 saturated heterocycles. The van der Waals surface area contributed by atoms with Crippen LogP contribution in [0.4, 0.5) is 5.69 Å². The summed E-state index contributed by atoms with van der Waals surface area (Å²) in [7, 11) is -3.84. The Morgan fingerprint density at radius 3 is 2.48 bits per heavy atom. The van der Waals surface area contributed by atoms with E-state index in [1.54, 1.807) is 12.1 Å². The van der Waals surface area contributed by atoms with E-state index >= 15 is 0 Å². The summed E-state index contributed by atoms with van der Waals surface area (Å²) in [6.07, 6.45) is 1.49. The minimum Gasteiger partial charge on any atom is -0.377 e. The summed E-state index contributed by atoms with van der Waals surface area (Å²) in [5.74, 6) is -0.0582. The van der Waals surface area contributed by atoms with Crippen molar-refractivity contribution in [2.24, 2.45) is 0 Å². The molecule has 6 nitrogen and oxygen atoms in total. The number of anilines is 1. The van der Waals surface area contributed by atoms with Crippen molar-refractivity contribution in [1.82, 2.24) is 4.31 Å². The molecule has 168 valence electrons. The van der Waals surface area contributed by atoms with E-state index in [1.165, 1.54) is 4.31 Å². The lowest BCUT2D eigenvalue weighted by molar-refractivity contribution is -0.116. The third kappa shape index (κ3) is 5.73. The third-order valence-corrected chi connectivity index (χ3v) is 7.64. The highest BCUT2D eigenvalue weighted by Crippen LogP contribution is 2.23. The van der Waals surface area contributed by atoms with Crippen LogP contribution in [0.25, 0.3) is 0 Å². The molecule has 1 N–H and O–H groups in total. The van der Waals surface area contributed by atoms with Crippen molar-refractivity contribution in [3.63, 3.8) is 0 Å². The molecule has 0 saturated carbocycles. The number of carbonyl (C=O) groups excluding carboxylic acids is 1. The van der Waals surface area contributed by atoms with Gasteiger partial charge in [0.2, 0.25) is 15.9 Å². The Balaban J connectivity index is 1.82. The van der Waals surface area contributed by atoms with Crippen molar-refractivity contribution in [2.75, 3.05) is 25.0 Å². The number of nitrogens with one attached hydrogen (secondary N) is 1. The number of nitrogens with zero attached hydrogens (tertiary/aromatic N) is 1. The molecule has 31 heavy (non-hydrogen) atoms. The minimum absolute atomic E-state index is 0.161. The van der Waals surface area contributed by atoms with Gasteiger partial charge < -0.3 is 10.1 Å². The molecule has 2 aromatic rings. The molecule has 1 fully saturated rings. The number of aryl methyl sites for hydroxylation is 1. The Morgan fingerprint density at radius 2 is 1.87 bits per heavy atom. The molecule has 3 rings (SSSR count). The predicted octanol–water partition coefficient (Wildman–Crippen LogP) is 4.24. The highest BCUT2D eigenvalue weighted by molar-refractivity contribution is 7.89. The van der Waals surface area contributed by atoms with Gasteiger partial charge in [0.25, 0.3) is 0 Å². The zero-order chi connectivity index (χ0) is 22.6. The lowest BCUT2D eigenvalue weighted by Gasteiger charge is -2.25. The number of amides is 1. The first-order valence-electron chi connectivity index (χ1n) is 10.8. The van der Waals surface area contributed by atoms with E-state index in [0.717, 1.165) is 29.5 Å². The van der Waals surface area contributed by atoms with Crippen LogP contribution in [-0.4, -0.2) is 44.4 Å². The number of hydrogen-bond donors (Lipinski definition) is 1. The molecule has 7 heteroatoms. The van der Waals surface area contributed by atoms with Crippen LogP contribution in [0.15, 0.2) is 47.4 Å². The van der Waals surface area contributed by atoms with Crippen LogP contribution in [0.2, 0.25) is 0 Å². The first kappa shape index (κ1) is 23.4. The first-order valence-corrected chi connectivity index (χ1v) is 12.2. The maximum atomic E-state index is 13.4. The number of ether oxygens (including phenoxy) is 1. The Hall–Kier alpha value is -2.22. The maximum absolute atomic E-state index is 13.4. The molecule has 1 aliphatic heterocycles. The number of hydrogen-bond acceptors (Lipinski definition) is 4. The average molecular weight is 445 g/mol. The largest absolute Gasteiger partial charge is 0.377 e. The van der Waals surface area contributed by atoms with Crippen molar-refractivity contribution in [3.05, 3.63) is 59.2 Å². The number of rotatable bonds is 8.